The Labute approximate surface area is 122 Å². The molecule has 2 aromatic rings. The molecule has 0 atom stereocenters. The molecular formula is C14H14N2O4S. The first-order chi connectivity index (χ1) is 9.98. The van der Waals surface area contributed by atoms with E-state index in [9.17, 15) is 18.3 Å². The highest BCUT2D eigenvalue weighted by Crippen LogP contribution is 2.14. The largest absolute Gasteiger partial charge is 0.507 e. The third-order valence-corrected chi connectivity index (χ3v) is 3.79. The molecule has 0 unspecified atom stereocenters. The highest BCUT2D eigenvalue weighted by molar-refractivity contribution is 7.88. The van der Waals surface area contributed by atoms with Gasteiger partial charge in [0.25, 0.3) is 5.91 Å². The molecule has 3 N–H and O–H groups in total. The number of rotatable bonds is 5. The minimum atomic E-state index is -3.71. The van der Waals surface area contributed by atoms with Crippen LogP contribution >= 0.6 is 0 Å². The van der Waals surface area contributed by atoms with Gasteiger partial charge in [-0.3, -0.25) is 10.2 Å². The summed E-state index contributed by atoms with van der Waals surface area (Å²) in [6, 6.07) is 14.4. The standard InChI is InChI=1S/C14H14N2O4S/c17-13-9-5-4-8-12(13)14(18)15-16-21(19,20)10-11-6-2-1-3-7-11/h1-9,16-17H,10H2,(H,15,18). The maximum atomic E-state index is 11.8. The third-order valence-electron chi connectivity index (χ3n) is 2.67. The van der Waals surface area contributed by atoms with Crippen LogP contribution in [0.5, 0.6) is 5.75 Å². The van der Waals surface area contributed by atoms with E-state index in [4.69, 9.17) is 0 Å². The van der Waals surface area contributed by atoms with Gasteiger partial charge in [-0.25, -0.2) is 8.42 Å². The predicted molar refractivity (Wildman–Crippen MR) is 77.8 cm³/mol. The van der Waals surface area contributed by atoms with Gasteiger partial charge in [0.1, 0.15) is 5.75 Å². The summed E-state index contributed by atoms with van der Waals surface area (Å²) in [7, 11) is -3.71. The second-order valence-corrected chi connectivity index (χ2v) is 6.04. The number of sulfonamides is 1. The van der Waals surface area contributed by atoms with Crippen molar-refractivity contribution in [2.75, 3.05) is 0 Å². The average Bonchev–Trinajstić information content (AvgIpc) is 2.46. The molecular weight excluding hydrogens is 292 g/mol. The lowest BCUT2D eigenvalue weighted by molar-refractivity contribution is 0.0942. The van der Waals surface area contributed by atoms with Gasteiger partial charge in [0.2, 0.25) is 10.0 Å². The summed E-state index contributed by atoms with van der Waals surface area (Å²) in [5, 5.41) is 9.51. The topological polar surface area (TPSA) is 95.5 Å². The van der Waals surface area contributed by atoms with E-state index in [0.717, 1.165) is 0 Å². The van der Waals surface area contributed by atoms with Gasteiger partial charge in [-0.1, -0.05) is 42.5 Å². The quantitative estimate of drug-likeness (QED) is 0.722. The molecule has 0 saturated heterocycles. The smallest absolute Gasteiger partial charge is 0.269 e. The molecule has 0 heterocycles. The van der Waals surface area contributed by atoms with Crippen molar-refractivity contribution in [3.05, 3.63) is 65.7 Å². The van der Waals surface area contributed by atoms with Crippen molar-refractivity contribution >= 4 is 15.9 Å². The molecule has 0 aliphatic rings. The van der Waals surface area contributed by atoms with Crippen LogP contribution in [0.1, 0.15) is 15.9 Å². The van der Waals surface area contributed by atoms with Gasteiger partial charge in [-0.05, 0) is 17.7 Å². The summed E-state index contributed by atoms with van der Waals surface area (Å²) in [5.41, 5.74) is 2.65. The fourth-order valence-electron chi connectivity index (χ4n) is 1.69. The number of para-hydroxylation sites is 1. The number of hydrogen-bond acceptors (Lipinski definition) is 4. The van der Waals surface area contributed by atoms with E-state index in [1.165, 1.54) is 12.1 Å². The van der Waals surface area contributed by atoms with Crippen LogP contribution in [0.2, 0.25) is 0 Å². The van der Waals surface area contributed by atoms with Crippen molar-refractivity contribution < 1.29 is 18.3 Å². The minimum Gasteiger partial charge on any atom is -0.507 e. The number of carbonyl (C=O) groups excluding carboxylic acids is 1. The number of aromatic hydroxyl groups is 1. The van der Waals surface area contributed by atoms with Gasteiger partial charge >= 0.3 is 0 Å². The van der Waals surface area contributed by atoms with Crippen LogP contribution in [-0.4, -0.2) is 19.4 Å². The zero-order valence-electron chi connectivity index (χ0n) is 11.0. The van der Waals surface area contributed by atoms with Crippen molar-refractivity contribution in [1.29, 1.82) is 0 Å². The molecule has 0 saturated carbocycles. The monoisotopic (exact) mass is 306 g/mol. The van der Waals surface area contributed by atoms with Crippen LogP contribution < -0.4 is 10.3 Å². The highest BCUT2D eigenvalue weighted by Gasteiger charge is 2.15. The van der Waals surface area contributed by atoms with E-state index in [1.54, 1.807) is 42.5 Å². The van der Waals surface area contributed by atoms with Crippen molar-refractivity contribution in [2.45, 2.75) is 5.75 Å². The first-order valence-electron chi connectivity index (χ1n) is 6.10. The lowest BCUT2D eigenvalue weighted by Crippen LogP contribution is -2.42. The summed E-state index contributed by atoms with van der Waals surface area (Å²) in [6.07, 6.45) is 0. The number of hydrazine groups is 1. The van der Waals surface area contributed by atoms with E-state index in [1.807, 2.05) is 4.83 Å². The normalized spacial score (nSPS) is 11.0. The van der Waals surface area contributed by atoms with Gasteiger partial charge < -0.3 is 5.11 Å². The summed E-state index contributed by atoms with van der Waals surface area (Å²) in [6.45, 7) is 0. The fourth-order valence-corrected chi connectivity index (χ4v) is 2.64. The molecule has 0 spiro atoms. The number of phenols is 1. The second-order valence-electron chi connectivity index (χ2n) is 4.32. The Balaban J connectivity index is 1.99. The minimum absolute atomic E-state index is 0.0140. The molecule has 0 radical (unpaired) electrons. The molecule has 6 nitrogen and oxygen atoms in total. The van der Waals surface area contributed by atoms with Crippen LogP contribution in [0.15, 0.2) is 54.6 Å². The van der Waals surface area contributed by atoms with Crippen LogP contribution in [-0.2, 0) is 15.8 Å². The molecule has 110 valence electrons. The summed E-state index contributed by atoms with van der Waals surface area (Å²) in [5.74, 6) is -1.21. The number of nitrogens with one attached hydrogen (secondary N) is 2. The van der Waals surface area contributed by atoms with Gasteiger partial charge in [-0.15, -0.1) is 4.83 Å². The van der Waals surface area contributed by atoms with Gasteiger partial charge in [0.15, 0.2) is 0 Å². The van der Waals surface area contributed by atoms with Gasteiger partial charge in [-0.2, -0.15) is 0 Å². The zero-order chi connectivity index (χ0) is 15.3. The molecule has 21 heavy (non-hydrogen) atoms. The van der Waals surface area contributed by atoms with E-state index in [2.05, 4.69) is 5.43 Å². The molecule has 0 aliphatic heterocycles. The summed E-state index contributed by atoms with van der Waals surface area (Å²) >= 11 is 0. The Bertz CT molecular complexity index is 730. The van der Waals surface area contributed by atoms with Crippen LogP contribution in [0.3, 0.4) is 0 Å². The lowest BCUT2D eigenvalue weighted by atomic mass is 10.2. The molecule has 0 fully saturated rings. The zero-order valence-corrected chi connectivity index (χ0v) is 11.8. The molecule has 0 bridgehead atoms. The van der Waals surface area contributed by atoms with Crippen molar-refractivity contribution in [2.24, 2.45) is 0 Å². The number of phenolic OH excluding ortho intramolecular Hbond substituents is 1. The Hall–Kier alpha value is -2.38. The highest BCUT2D eigenvalue weighted by atomic mass is 32.2. The Morgan fingerprint density at radius 1 is 1.00 bits per heavy atom. The molecule has 2 aromatic carbocycles. The first-order valence-corrected chi connectivity index (χ1v) is 7.75. The Morgan fingerprint density at radius 2 is 1.62 bits per heavy atom. The third kappa shape index (κ3) is 4.30. The van der Waals surface area contributed by atoms with Crippen molar-refractivity contribution in [3.8, 4) is 5.75 Å². The van der Waals surface area contributed by atoms with Gasteiger partial charge in [0, 0.05) is 0 Å². The molecule has 0 aliphatic carbocycles. The Morgan fingerprint density at radius 3 is 2.29 bits per heavy atom. The maximum Gasteiger partial charge on any atom is 0.269 e. The molecule has 2 rings (SSSR count). The van der Waals surface area contributed by atoms with Crippen LogP contribution in [0.4, 0.5) is 0 Å². The van der Waals surface area contributed by atoms with Crippen LogP contribution in [0.25, 0.3) is 0 Å². The number of hydrogen-bond donors (Lipinski definition) is 3. The lowest BCUT2D eigenvalue weighted by Gasteiger charge is -2.09. The van der Waals surface area contributed by atoms with E-state index >= 15 is 0 Å². The second kappa shape index (κ2) is 6.38. The molecule has 7 heteroatoms. The number of benzene rings is 2. The van der Waals surface area contributed by atoms with E-state index < -0.39 is 15.9 Å². The molecule has 1 amide bonds. The first kappa shape index (κ1) is 15.0. The predicted octanol–water partition coefficient (Wildman–Crippen LogP) is 1.16. The van der Waals surface area contributed by atoms with Crippen molar-refractivity contribution in [1.82, 2.24) is 10.3 Å². The van der Waals surface area contributed by atoms with Crippen LogP contribution in [0, 0.1) is 0 Å². The maximum absolute atomic E-state index is 11.8. The van der Waals surface area contributed by atoms with E-state index in [-0.39, 0.29) is 17.1 Å². The Kier molecular flexibility index (Phi) is 4.56. The summed E-state index contributed by atoms with van der Waals surface area (Å²) < 4.78 is 23.7. The van der Waals surface area contributed by atoms with Gasteiger partial charge in [0.05, 0.1) is 11.3 Å². The van der Waals surface area contributed by atoms with Crippen molar-refractivity contribution in [3.63, 3.8) is 0 Å². The average molecular weight is 306 g/mol. The number of amides is 1. The molecule has 0 aromatic heterocycles. The number of carbonyl (C=O) groups is 1. The fraction of sp³-hybridized carbons (Fsp3) is 0.0714. The SMILES string of the molecule is O=C(NNS(=O)(=O)Cc1ccccc1)c1ccccc1O. The summed E-state index contributed by atoms with van der Waals surface area (Å²) in [4.78, 5) is 13.8. The van der Waals surface area contributed by atoms with E-state index in [0.29, 0.717) is 5.56 Å².